The predicted octanol–water partition coefficient (Wildman–Crippen LogP) is 1.78. The number of carbonyl (C=O) groups excluding carboxylic acids is 1. The molecule has 2 aromatic carbocycles. The van der Waals surface area contributed by atoms with Crippen LogP contribution in [0.15, 0.2) is 63.8 Å². The zero-order valence-corrected chi connectivity index (χ0v) is 15.5. The zero-order chi connectivity index (χ0) is 19.3. The summed E-state index contributed by atoms with van der Waals surface area (Å²) < 4.78 is 12.0. The number of fused-ring (bicyclic) bond motifs is 1. The molecule has 7 nitrogen and oxygen atoms in total. The highest BCUT2D eigenvalue weighted by Gasteiger charge is 2.21. The van der Waals surface area contributed by atoms with Crippen molar-refractivity contribution in [3.63, 3.8) is 0 Å². The van der Waals surface area contributed by atoms with E-state index in [0.717, 1.165) is 18.7 Å². The molecule has 2 heterocycles. The molecule has 1 N–H and O–H groups in total. The molecule has 1 aliphatic heterocycles. The Hall–Kier alpha value is -2.90. The fourth-order valence-electron chi connectivity index (χ4n) is 3.51. The Morgan fingerprint density at radius 2 is 1.75 bits per heavy atom. The Labute approximate surface area is 162 Å². The van der Waals surface area contributed by atoms with E-state index in [1.807, 2.05) is 36.4 Å². The van der Waals surface area contributed by atoms with Crippen molar-refractivity contribution in [1.29, 1.82) is 0 Å². The van der Waals surface area contributed by atoms with E-state index in [4.69, 9.17) is 9.15 Å². The van der Waals surface area contributed by atoms with E-state index < -0.39 is 5.76 Å². The van der Waals surface area contributed by atoms with Crippen molar-refractivity contribution in [3.8, 4) is 0 Å². The number of hydrogen-bond donors (Lipinski definition) is 1. The van der Waals surface area contributed by atoms with Crippen molar-refractivity contribution in [2.75, 3.05) is 32.8 Å². The van der Waals surface area contributed by atoms with Gasteiger partial charge in [0.2, 0.25) is 5.91 Å². The van der Waals surface area contributed by atoms with Gasteiger partial charge in [-0.05, 0) is 17.7 Å². The first-order valence-electron chi connectivity index (χ1n) is 9.43. The number of aromatic nitrogens is 1. The average Bonchev–Trinajstić information content (AvgIpc) is 3.04. The Morgan fingerprint density at radius 1 is 1.04 bits per heavy atom. The van der Waals surface area contributed by atoms with Gasteiger partial charge in [-0.2, -0.15) is 0 Å². The van der Waals surface area contributed by atoms with E-state index in [9.17, 15) is 9.59 Å². The van der Waals surface area contributed by atoms with Crippen molar-refractivity contribution in [2.24, 2.45) is 0 Å². The normalized spacial score (nSPS) is 16.1. The Balaban J connectivity index is 1.51. The van der Waals surface area contributed by atoms with Crippen LogP contribution < -0.4 is 11.1 Å². The molecule has 1 unspecified atom stereocenters. The minimum atomic E-state index is -0.527. The lowest BCUT2D eigenvalue weighted by atomic mass is 10.1. The van der Waals surface area contributed by atoms with Gasteiger partial charge in [-0.3, -0.25) is 14.3 Å². The van der Waals surface area contributed by atoms with Crippen LogP contribution in [0.2, 0.25) is 0 Å². The van der Waals surface area contributed by atoms with Gasteiger partial charge in [-0.25, -0.2) is 4.79 Å². The first kappa shape index (κ1) is 18.5. The third-order valence-electron chi connectivity index (χ3n) is 4.96. The number of hydrogen-bond acceptors (Lipinski definition) is 5. The predicted molar refractivity (Wildman–Crippen MR) is 105 cm³/mol. The maximum Gasteiger partial charge on any atom is 0.420 e. The molecule has 28 heavy (non-hydrogen) atoms. The molecule has 3 aromatic rings. The first-order valence-corrected chi connectivity index (χ1v) is 9.43. The molecule has 7 heteroatoms. The minimum absolute atomic E-state index is 0.0811. The van der Waals surface area contributed by atoms with Crippen LogP contribution in [-0.2, 0) is 16.1 Å². The zero-order valence-electron chi connectivity index (χ0n) is 15.5. The van der Waals surface area contributed by atoms with Gasteiger partial charge in [0.1, 0.15) is 6.54 Å². The lowest BCUT2D eigenvalue weighted by Gasteiger charge is -2.31. The number of rotatable bonds is 6. The van der Waals surface area contributed by atoms with Gasteiger partial charge < -0.3 is 14.5 Å². The number of ether oxygens (including phenoxy) is 1. The fraction of sp³-hybridized carbons (Fsp3) is 0.333. The summed E-state index contributed by atoms with van der Waals surface area (Å²) in [6, 6.07) is 16.8. The molecule has 1 aromatic heterocycles. The van der Waals surface area contributed by atoms with Crippen LogP contribution >= 0.6 is 0 Å². The smallest absolute Gasteiger partial charge is 0.408 e. The summed E-state index contributed by atoms with van der Waals surface area (Å²) >= 11 is 0. The summed E-state index contributed by atoms with van der Waals surface area (Å²) in [7, 11) is 0. The molecule has 4 rings (SSSR count). The SMILES string of the molecule is O=C(Cn1c(=O)oc2ccccc21)NC(CN1CCOCC1)c1ccccc1. The summed E-state index contributed by atoms with van der Waals surface area (Å²) in [5.74, 6) is -0.753. The number of benzene rings is 2. The number of morpholine rings is 1. The first-order chi connectivity index (χ1) is 13.7. The second-order valence-corrected chi connectivity index (χ2v) is 6.87. The van der Waals surface area contributed by atoms with Crippen LogP contribution in [0.3, 0.4) is 0 Å². The number of nitrogens with zero attached hydrogens (tertiary/aromatic N) is 2. The molecule has 146 valence electrons. The van der Waals surface area contributed by atoms with E-state index >= 15 is 0 Å². The van der Waals surface area contributed by atoms with E-state index in [1.165, 1.54) is 4.57 Å². The summed E-state index contributed by atoms with van der Waals surface area (Å²) in [5.41, 5.74) is 2.13. The van der Waals surface area contributed by atoms with Crippen LogP contribution in [0.1, 0.15) is 11.6 Å². The average molecular weight is 381 g/mol. The van der Waals surface area contributed by atoms with Crippen molar-refractivity contribution in [2.45, 2.75) is 12.6 Å². The van der Waals surface area contributed by atoms with Crippen LogP contribution in [-0.4, -0.2) is 48.2 Å². The van der Waals surface area contributed by atoms with Gasteiger partial charge in [-0.1, -0.05) is 42.5 Å². The highest BCUT2D eigenvalue weighted by Crippen LogP contribution is 2.16. The van der Waals surface area contributed by atoms with Gasteiger partial charge in [-0.15, -0.1) is 0 Å². The highest BCUT2D eigenvalue weighted by molar-refractivity contribution is 5.79. The summed E-state index contributed by atoms with van der Waals surface area (Å²) in [6.07, 6.45) is 0. The molecule has 1 aliphatic rings. The van der Waals surface area contributed by atoms with Gasteiger partial charge in [0.25, 0.3) is 0 Å². The molecule has 1 atom stereocenters. The number of carbonyl (C=O) groups is 1. The van der Waals surface area contributed by atoms with E-state index in [1.54, 1.807) is 18.2 Å². The number of nitrogens with one attached hydrogen (secondary N) is 1. The van der Waals surface area contributed by atoms with Gasteiger partial charge in [0.15, 0.2) is 5.58 Å². The third-order valence-corrected chi connectivity index (χ3v) is 4.96. The molecule has 0 aliphatic carbocycles. The van der Waals surface area contributed by atoms with Gasteiger partial charge >= 0.3 is 5.76 Å². The Kier molecular flexibility index (Phi) is 5.55. The van der Waals surface area contributed by atoms with Crippen LogP contribution in [0.25, 0.3) is 11.1 Å². The second-order valence-electron chi connectivity index (χ2n) is 6.87. The minimum Gasteiger partial charge on any atom is -0.408 e. The van der Waals surface area contributed by atoms with Crippen LogP contribution in [0.4, 0.5) is 0 Å². The van der Waals surface area contributed by atoms with Gasteiger partial charge in [0.05, 0.1) is 24.8 Å². The maximum absolute atomic E-state index is 12.8. The van der Waals surface area contributed by atoms with E-state index in [2.05, 4.69) is 10.2 Å². The molecule has 0 spiro atoms. The molecular formula is C21H23N3O4. The van der Waals surface area contributed by atoms with E-state index in [0.29, 0.717) is 30.9 Å². The van der Waals surface area contributed by atoms with Crippen molar-refractivity contribution < 1.29 is 13.9 Å². The maximum atomic E-state index is 12.8. The van der Waals surface area contributed by atoms with Crippen molar-refractivity contribution in [1.82, 2.24) is 14.8 Å². The monoisotopic (exact) mass is 381 g/mol. The lowest BCUT2D eigenvalue weighted by Crippen LogP contribution is -2.44. The third kappa shape index (κ3) is 4.16. The van der Waals surface area contributed by atoms with E-state index in [-0.39, 0.29) is 18.5 Å². The number of oxazole rings is 1. The molecule has 0 bridgehead atoms. The summed E-state index contributed by atoms with van der Waals surface area (Å²) in [6.45, 7) is 3.69. The summed E-state index contributed by atoms with van der Waals surface area (Å²) in [5, 5.41) is 3.09. The molecule has 0 saturated carbocycles. The van der Waals surface area contributed by atoms with Crippen LogP contribution in [0, 0.1) is 0 Å². The second kappa shape index (κ2) is 8.41. The molecular weight excluding hydrogens is 358 g/mol. The topological polar surface area (TPSA) is 76.7 Å². The largest absolute Gasteiger partial charge is 0.420 e. The lowest BCUT2D eigenvalue weighted by molar-refractivity contribution is -0.122. The fourth-order valence-corrected chi connectivity index (χ4v) is 3.51. The number of para-hydroxylation sites is 2. The molecule has 1 fully saturated rings. The number of amides is 1. The molecule has 0 radical (unpaired) electrons. The highest BCUT2D eigenvalue weighted by atomic mass is 16.5. The summed E-state index contributed by atoms with van der Waals surface area (Å²) in [4.78, 5) is 27.2. The van der Waals surface area contributed by atoms with Gasteiger partial charge in [0, 0.05) is 19.6 Å². The standard InChI is InChI=1S/C21H23N3O4/c25-20(15-24-18-8-4-5-9-19(18)28-21(24)26)22-17(16-6-2-1-3-7-16)14-23-10-12-27-13-11-23/h1-9,17H,10-15H2,(H,22,25). The Bertz CT molecular complexity index is 990. The Morgan fingerprint density at radius 3 is 2.54 bits per heavy atom. The quantitative estimate of drug-likeness (QED) is 0.704. The van der Waals surface area contributed by atoms with Crippen molar-refractivity contribution in [3.05, 3.63) is 70.7 Å². The van der Waals surface area contributed by atoms with Crippen molar-refractivity contribution >= 4 is 17.0 Å². The molecule has 1 amide bonds. The van der Waals surface area contributed by atoms with Crippen LogP contribution in [0.5, 0.6) is 0 Å². The molecule has 1 saturated heterocycles.